The van der Waals surface area contributed by atoms with Crippen molar-refractivity contribution in [2.75, 3.05) is 19.9 Å². The molecule has 0 atom stereocenters. The van der Waals surface area contributed by atoms with Gasteiger partial charge in [-0.25, -0.2) is 0 Å². The molecule has 6 nitrogen and oxygen atoms in total. The van der Waals surface area contributed by atoms with Crippen molar-refractivity contribution in [2.24, 2.45) is 5.73 Å². The first-order valence-electron chi connectivity index (χ1n) is 6.04. The Balaban J connectivity index is 1.86. The fourth-order valence-electron chi connectivity index (χ4n) is 1.98. The summed E-state index contributed by atoms with van der Waals surface area (Å²) in [6, 6.07) is 5.36. The van der Waals surface area contributed by atoms with Gasteiger partial charge in [0.15, 0.2) is 11.5 Å². The lowest BCUT2D eigenvalue weighted by molar-refractivity contribution is -0.122. The van der Waals surface area contributed by atoms with E-state index in [0.29, 0.717) is 16.4 Å². The molecule has 104 valence electrons. The highest BCUT2D eigenvalue weighted by Crippen LogP contribution is 2.36. The molecule has 2 heterocycles. The maximum atomic E-state index is 12.0. The van der Waals surface area contributed by atoms with Gasteiger partial charge in [0.25, 0.3) is 11.1 Å². The second kappa shape index (κ2) is 5.18. The number of fused-ring (bicyclic) bond motifs is 1. The van der Waals surface area contributed by atoms with Crippen molar-refractivity contribution >= 4 is 29.0 Å². The number of amides is 2. The molecule has 1 aromatic carbocycles. The highest BCUT2D eigenvalue weighted by Gasteiger charge is 2.34. The topological polar surface area (TPSA) is 81.9 Å². The lowest BCUT2D eigenvalue weighted by Gasteiger charge is -2.09. The molecular weight excluding hydrogens is 280 g/mol. The van der Waals surface area contributed by atoms with Crippen molar-refractivity contribution in [3.8, 4) is 11.5 Å². The molecule has 20 heavy (non-hydrogen) atoms. The van der Waals surface area contributed by atoms with Gasteiger partial charge in [0.05, 0.1) is 4.91 Å². The molecule has 0 aromatic heterocycles. The molecule has 0 saturated carbocycles. The Bertz CT molecular complexity index is 614. The molecule has 1 fully saturated rings. The number of carbonyl (C=O) groups is 2. The van der Waals surface area contributed by atoms with Crippen LogP contribution < -0.4 is 15.2 Å². The van der Waals surface area contributed by atoms with E-state index in [1.807, 2.05) is 6.07 Å². The largest absolute Gasteiger partial charge is 0.454 e. The molecular formula is C13H12N2O4S. The maximum absolute atomic E-state index is 12.0. The molecule has 0 radical (unpaired) electrons. The van der Waals surface area contributed by atoms with E-state index < -0.39 is 0 Å². The first-order chi connectivity index (χ1) is 9.69. The Labute approximate surface area is 119 Å². The Kier molecular flexibility index (Phi) is 3.37. The van der Waals surface area contributed by atoms with Crippen LogP contribution in [0.5, 0.6) is 11.5 Å². The molecule has 0 unspecified atom stereocenters. The van der Waals surface area contributed by atoms with E-state index in [-0.39, 0.29) is 31.0 Å². The standard InChI is InChI=1S/C13H12N2O4S/c14-3-4-15-12(16)11(20-13(15)17)6-8-1-2-9-10(5-8)19-7-18-9/h1-2,5-6H,3-4,7,14H2. The van der Waals surface area contributed by atoms with Crippen molar-refractivity contribution in [3.63, 3.8) is 0 Å². The molecule has 2 N–H and O–H groups in total. The van der Waals surface area contributed by atoms with Gasteiger partial charge in [0.2, 0.25) is 6.79 Å². The number of benzene rings is 1. The van der Waals surface area contributed by atoms with Gasteiger partial charge in [-0.05, 0) is 35.5 Å². The number of hydrogen-bond acceptors (Lipinski definition) is 6. The van der Waals surface area contributed by atoms with Crippen LogP contribution in [0.3, 0.4) is 0 Å². The summed E-state index contributed by atoms with van der Waals surface area (Å²) in [7, 11) is 0. The predicted octanol–water partition coefficient (Wildman–Crippen LogP) is 1.41. The normalized spacial score (nSPS) is 19.2. The summed E-state index contributed by atoms with van der Waals surface area (Å²) in [4.78, 5) is 25.3. The van der Waals surface area contributed by atoms with E-state index in [0.717, 1.165) is 22.2 Å². The summed E-state index contributed by atoms with van der Waals surface area (Å²) in [5.41, 5.74) is 6.17. The minimum Gasteiger partial charge on any atom is -0.454 e. The minimum atomic E-state index is -0.303. The highest BCUT2D eigenvalue weighted by molar-refractivity contribution is 8.18. The zero-order valence-corrected chi connectivity index (χ0v) is 11.3. The number of thioether (sulfide) groups is 1. The molecule has 0 aliphatic carbocycles. The molecule has 7 heteroatoms. The predicted molar refractivity (Wildman–Crippen MR) is 74.3 cm³/mol. The van der Waals surface area contributed by atoms with Crippen LogP contribution in [0, 0.1) is 0 Å². The first-order valence-corrected chi connectivity index (χ1v) is 6.86. The molecule has 2 amide bonds. The summed E-state index contributed by atoms with van der Waals surface area (Å²) in [5, 5.41) is -0.285. The second-order valence-electron chi connectivity index (χ2n) is 4.23. The van der Waals surface area contributed by atoms with Gasteiger partial charge in [-0.1, -0.05) is 6.07 Å². The van der Waals surface area contributed by atoms with Crippen LogP contribution in [0.25, 0.3) is 6.08 Å². The monoisotopic (exact) mass is 292 g/mol. The van der Waals surface area contributed by atoms with Crippen LogP contribution >= 0.6 is 11.8 Å². The molecule has 3 rings (SSSR count). The summed E-state index contributed by atoms with van der Waals surface area (Å²) >= 11 is 0.921. The number of hydrogen-bond donors (Lipinski definition) is 1. The third kappa shape index (κ3) is 2.25. The Hall–Kier alpha value is -1.99. The zero-order valence-electron chi connectivity index (χ0n) is 10.5. The van der Waals surface area contributed by atoms with Crippen LogP contribution in [-0.2, 0) is 4.79 Å². The Morgan fingerprint density at radius 1 is 1.30 bits per heavy atom. The van der Waals surface area contributed by atoms with E-state index in [4.69, 9.17) is 15.2 Å². The molecule has 1 aromatic rings. The van der Waals surface area contributed by atoms with E-state index in [1.165, 1.54) is 0 Å². The number of rotatable bonds is 3. The average Bonchev–Trinajstić information content (AvgIpc) is 2.99. The van der Waals surface area contributed by atoms with Gasteiger partial charge in [-0.15, -0.1) is 0 Å². The van der Waals surface area contributed by atoms with Crippen molar-refractivity contribution in [3.05, 3.63) is 28.7 Å². The van der Waals surface area contributed by atoms with Crippen molar-refractivity contribution in [1.82, 2.24) is 4.90 Å². The van der Waals surface area contributed by atoms with E-state index in [1.54, 1.807) is 18.2 Å². The van der Waals surface area contributed by atoms with Gasteiger partial charge in [0.1, 0.15) is 0 Å². The zero-order chi connectivity index (χ0) is 14.1. The Morgan fingerprint density at radius 3 is 2.90 bits per heavy atom. The molecule has 2 aliphatic rings. The lowest BCUT2D eigenvalue weighted by atomic mass is 10.2. The van der Waals surface area contributed by atoms with Crippen LogP contribution in [-0.4, -0.2) is 35.9 Å². The highest BCUT2D eigenvalue weighted by atomic mass is 32.2. The van der Waals surface area contributed by atoms with Crippen molar-refractivity contribution in [2.45, 2.75) is 0 Å². The number of carbonyl (C=O) groups excluding carboxylic acids is 2. The SMILES string of the molecule is NCCN1C(=O)SC(=Cc2ccc3c(c2)OCO3)C1=O. The Morgan fingerprint density at radius 2 is 2.10 bits per heavy atom. The molecule has 2 aliphatic heterocycles. The van der Waals surface area contributed by atoms with Gasteiger partial charge in [0, 0.05) is 13.1 Å². The van der Waals surface area contributed by atoms with E-state index >= 15 is 0 Å². The van der Waals surface area contributed by atoms with Crippen LogP contribution in [0.1, 0.15) is 5.56 Å². The van der Waals surface area contributed by atoms with Crippen LogP contribution in [0.2, 0.25) is 0 Å². The van der Waals surface area contributed by atoms with Crippen molar-refractivity contribution in [1.29, 1.82) is 0 Å². The number of ether oxygens (including phenoxy) is 2. The van der Waals surface area contributed by atoms with Gasteiger partial charge in [-0.2, -0.15) is 0 Å². The van der Waals surface area contributed by atoms with Crippen LogP contribution in [0.15, 0.2) is 23.1 Å². The summed E-state index contributed by atoms with van der Waals surface area (Å²) in [6.07, 6.45) is 1.67. The average molecular weight is 292 g/mol. The molecule has 0 bridgehead atoms. The van der Waals surface area contributed by atoms with E-state index in [9.17, 15) is 9.59 Å². The first kappa shape index (κ1) is 13.0. The summed E-state index contributed by atoms with van der Waals surface area (Å²) in [6.45, 7) is 0.699. The fourth-order valence-corrected chi connectivity index (χ4v) is 2.84. The smallest absolute Gasteiger partial charge is 0.293 e. The minimum absolute atomic E-state index is 0.200. The van der Waals surface area contributed by atoms with Gasteiger partial charge >= 0.3 is 0 Å². The lowest BCUT2D eigenvalue weighted by Crippen LogP contribution is -2.33. The third-order valence-electron chi connectivity index (χ3n) is 2.92. The summed E-state index contributed by atoms with van der Waals surface area (Å²) in [5.74, 6) is 1.02. The number of nitrogens with two attached hydrogens (primary N) is 1. The quantitative estimate of drug-likeness (QED) is 0.848. The number of imide groups is 1. The number of nitrogens with zero attached hydrogens (tertiary/aromatic N) is 1. The third-order valence-corrected chi connectivity index (χ3v) is 3.83. The second-order valence-corrected chi connectivity index (χ2v) is 5.23. The molecule has 0 spiro atoms. The van der Waals surface area contributed by atoms with Crippen LogP contribution in [0.4, 0.5) is 4.79 Å². The molecule has 1 saturated heterocycles. The van der Waals surface area contributed by atoms with Gasteiger partial charge in [-0.3, -0.25) is 14.5 Å². The van der Waals surface area contributed by atoms with E-state index in [2.05, 4.69) is 0 Å². The summed E-state index contributed by atoms with van der Waals surface area (Å²) < 4.78 is 10.5. The maximum Gasteiger partial charge on any atom is 0.293 e. The van der Waals surface area contributed by atoms with Crippen molar-refractivity contribution < 1.29 is 19.1 Å². The van der Waals surface area contributed by atoms with Gasteiger partial charge < -0.3 is 15.2 Å². The fraction of sp³-hybridized carbons (Fsp3) is 0.231.